The lowest BCUT2D eigenvalue weighted by molar-refractivity contribution is -0.0929. The predicted octanol–water partition coefficient (Wildman–Crippen LogP) is 5.02. The first-order valence-electron chi connectivity index (χ1n) is 9.84. The Balaban J connectivity index is 1.61. The van der Waals surface area contributed by atoms with Gasteiger partial charge in [-0.05, 0) is 31.4 Å². The average Bonchev–Trinajstić information content (AvgIpc) is 3.23. The average molecular weight is 468 g/mol. The molecule has 0 spiro atoms. The van der Waals surface area contributed by atoms with E-state index in [2.05, 4.69) is 0 Å². The SMILES string of the molecule is O=C(O)c1ccc(CCCN2C(=O)SCC[C@@H]2/C=C/[C@@H](O)C(F)(F)c2ccccc2)s1. The number of rotatable bonds is 9. The van der Waals surface area contributed by atoms with Gasteiger partial charge in [0.2, 0.25) is 0 Å². The molecule has 0 unspecified atom stereocenters. The highest BCUT2D eigenvalue weighted by molar-refractivity contribution is 8.13. The summed E-state index contributed by atoms with van der Waals surface area (Å²) in [6.07, 6.45) is 2.43. The molecule has 0 aliphatic carbocycles. The van der Waals surface area contributed by atoms with Gasteiger partial charge in [0.1, 0.15) is 11.0 Å². The Morgan fingerprint density at radius 1 is 1.26 bits per heavy atom. The summed E-state index contributed by atoms with van der Waals surface area (Å²) in [6.45, 7) is 0.423. The molecule has 2 aromatic rings. The number of carboxylic acid groups (broad SMARTS) is 1. The molecule has 2 atom stereocenters. The minimum Gasteiger partial charge on any atom is -0.477 e. The third kappa shape index (κ3) is 5.93. The van der Waals surface area contributed by atoms with Crippen LogP contribution in [0.15, 0.2) is 54.6 Å². The van der Waals surface area contributed by atoms with Crippen LogP contribution in [0, 0.1) is 0 Å². The van der Waals surface area contributed by atoms with Gasteiger partial charge < -0.3 is 15.1 Å². The third-order valence-electron chi connectivity index (χ3n) is 5.01. The number of aryl methyl sites for hydroxylation is 1. The van der Waals surface area contributed by atoms with Crippen LogP contribution in [-0.2, 0) is 12.3 Å². The van der Waals surface area contributed by atoms with E-state index < -0.39 is 18.0 Å². The highest BCUT2D eigenvalue weighted by Crippen LogP contribution is 2.33. The maximum Gasteiger partial charge on any atom is 0.345 e. The van der Waals surface area contributed by atoms with E-state index in [1.54, 1.807) is 23.1 Å². The van der Waals surface area contributed by atoms with Crippen molar-refractivity contribution in [3.05, 3.63) is 69.9 Å². The molecular weight excluding hydrogens is 444 g/mol. The van der Waals surface area contributed by atoms with Crippen molar-refractivity contribution in [3.8, 4) is 0 Å². The molecule has 5 nitrogen and oxygen atoms in total. The molecule has 1 fully saturated rings. The van der Waals surface area contributed by atoms with E-state index >= 15 is 0 Å². The molecule has 1 amide bonds. The lowest BCUT2D eigenvalue weighted by Gasteiger charge is -2.33. The van der Waals surface area contributed by atoms with Gasteiger partial charge in [-0.25, -0.2) is 4.79 Å². The molecule has 0 bridgehead atoms. The summed E-state index contributed by atoms with van der Waals surface area (Å²) in [5.74, 6) is -3.81. The predicted molar refractivity (Wildman–Crippen MR) is 118 cm³/mol. The van der Waals surface area contributed by atoms with Gasteiger partial charge in [0, 0.05) is 22.7 Å². The highest BCUT2D eigenvalue weighted by atomic mass is 32.2. The van der Waals surface area contributed by atoms with Crippen LogP contribution >= 0.6 is 23.1 Å². The van der Waals surface area contributed by atoms with Gasteiger partial charge in [-0.15, -0.1) is 11.3 Å². The Morgan fingerprint density at radius 2 is 2.00 bits per heavy atom. The van der Waals surface area contributed by atoms with Crippen molar-refractivity contribution in [2.45, 2.75) is 37.3 Å². The number of thioether (sulfide) groups is 1. The second-order valence-electron chi connectivity index (χ2n) is 7.16. The molecule has 166 valence electrons. The second-order valence-corrected chi connectivity index (χ2v) is 9.37. The minimum absolute atomic E-state index is 0.123. The first-order valence-corrected chi connectivity index (χ1v) is 11.6. The number of aromatic carboxylic acids is 1. The van der Waals surface area contributed by atoms with E-state index in [0.29, 0.717) is 31.6 Å². The number of carbonyl (C=O) groups is 2. The first-order chi connectivity index (χ1) is 14.8. The number of nitrogens with zero attached hydrogens (tertiary/aromatic N) is 1. The quantitative estimate of drug-likeness (QED) is 0.507. The third-order valence-corrected chi connectivity index (χ3v) is 7.07. The number of hydrogen-bond acceptors (Lipinski definition) is 5. The van der Waals surface area contributed by atoms with Crippen molar-refractivity contribution in [1.82, 2.24) is 4.90 Å². The van der Waals surface area contributed by atoms with E-state index in [-0.39, 0.29) is 21.7 Å². The summed E-state index contributed by atoms with van der Waals surface area (Å²) in [5.41, 5.74) is -0.268. The smallest absolute Gasteiger partial charge is 0.345 e. The molecule has 2 N–H and O–H groups in total. The van der Waals surface area contributed by atoms with Crippen LogP contribution in [0.2, 0.25) is 0 Å². The number of carboxylic acids is 1. The van der Waals surface area contributed by atoms with Gasteiger partial charge in [0.15, 0.2) is 0 Å². The zero-order valence-corrected chi connectivity index (χ0v) is 18.2. The minimum atomic E-state index is -3.43. The summed E-state index contributed by atoms with van der Waals surface area (Å²) in [7, 11) is 0. The lowest BCUT2D eigenvalue weighted by atomic mass is 10.0. The van der Waals surface area contributed by atoms with Crippen molar-refractivity contribution < 1.29 is 28.6 Å². The maximum atomic E-state index is 14.5. The normalized spacial score (nSPS) is 18.5. The number of carbonyl (C=O) groups excluding carboxylic acids is 1. The number of aliphatic hydroxyl groups is 1. The van der Waals surface area contributed by atoms with Gasteiger partial charge >= 0.3 is 11.9 Å². The zero-order chi connectivity index (χ0) is 22.4. The molecule has 1 aromatic heterocycles. The van der Waals surface area contributed by atoms with Gasteiger partial charge in [-0.1, -0.05) is 54.2 Å². The van der Waals surface area contributed by atoms with E-state index in [0.717, 1.165) is 11.0 Å². The van der Waals surface area contributed by atoms with E-state index in [1.165, 1.54) is 53.4 Å². The van der Waals surface area contributed by atoms with Gasteiger partial charge in [0.25, 0.3) is 5.24 Å². The van der Waals surface area contributed by atoms with E-state index in [4.69, 9.17) is 5.11 Å². The summed E-state index contributed by atoms with van der Waals surface area (Å²) < 4.78 is 29.0. The highest BCUT2D eigenvalue weighted by Gasteiger charge is 2.39. The van der Waals surface area contributed by atoms with Crippen molar-refractivity contribution in [2.75, 3.05) is 12.3 Å². The van der Waals surface area contributed by atoms with Crippen molar-refractivity contribution in [1.29, 1.82) is 0 Å². The van der Waals surface area contributed by atoms with Crippen LogP contribution in [0.25, 0.3) is 0 Å². The molecular formula is C22H23F2NO4S2. The number of benzene rings is 1. The number of thiophene rings is 1. The lowest BCUT2D eigenvalue weighted by Crippen LogP contribution is -2.42. The largest absolute Gasteiger partial charge is 0.477 e. The topological polar surface area (TPSA) is 77.8 Å². The molecule has 31 heavy (non-hydrogen) atoms. The van der Waals surface area contributed by atoms with Crippen LogP contribution in [0.4, 0.5) is 13.6 Å². The number of hydrogen-bond donors (Lipinski definition) is 2. The molecule has 1 aliphatic heterocycles. The summed E-state index contributed by atoms with van der Waals surface area (Å²) in [6, 6.07) is 10.1. The van der Waals surface area contributed by atoms with Crippen molar-refractivity contribution in [2.24, 2.45) is 0 Å². The maximum absolute atomic E-state index is 14.5. The zero-order valence-electron chi connectivity index (χ0n) is 16.6. The van der Waals surface area contributed by atoms with Crippen LogP contribution in [0.1, 0.15) is 33.0 Å². The molecule has 1 aliphatic rings. The van der Waals surface area contributed by atoms with Gasteiger partial charge in [-0.2, -0.15) is 8.78 Å². The van der Waals surface area contributed by atoms with E-state index in [1.807, 2.05) is 0 Å². The standard InChI is InChI=1S/C22H23F2NO4S2/c23-22(24,15-5-2-1-3-6-15)19(26)11-8-16-12-14-30-21(29)25(16)13-4-7-17-9-10-18(31-17)20(27)28/h1-3,5-6,8-11,16,19,26H,4,7,12-14H2,(H,27,28)/b11-8+/t16-,19+/m0/s1. The Hall–Kier alpha value is -2.23. The molecule has 1 aromatic carbocycles. The molecule has 1 saturated heterocycles. The first kappa shape index (κ1) is 23.4. The fraction of sp³-hybridized carbons (Fsp3) is 0.364. The molecule has 2 heterocycles. The van der Waals surface area contributed by atoms with Crippen LogP contribution in [-0.4, -0.2) is 50.8 Å². The summed E-state index contributed by atoms with van der Waals surface area (Å²) in [4.78, 5) is 26.2. The van der Waals surface area contributed by atoms with Gasteiger partial charge in [0.05, 0.1) is 6.04 Å². The fourth-order valence-corrected chi connectivity index (χ4v) is 5.15. The molecule has 9 heteroatoms. The van der Waals surface area contributed by atoms with Crippen molar-refractivity contribution >= 4 is 34.3 Å². The van der Waals surface area contributed by atoms with Crippen molar-refractivity contribution in [3.63, 3.8) is 0 Å². The summed E-state index contributed by atoms with van der Waals surface area (Å²) in [5, 5.41) is 19.0. The van der Waals surface area contributed by atoms with Crippen LogP contribution < -0.4 is 0 Å². The molecule has 0 radical (unpaired) electrons. The number of alkyl halides is 2. The Kier molecular flexibility index (Phi) is 7.85. The second kappa shape index (κ2) is 10.4. The van der Waals surface area contributed by atoms with Crippen LogP contribution in [0.5, 0.6) is 0 Å². The Morgan fingerprint density at radius 3 is 2.68 bits per heavy atom. The van der Waals surface area contributed by atoms with Gasteiger partial charge in [-0.3, -0.25) is 4.79 Å². The summed E-state index contributed by atoms with van der Waals surface area (Å²) >= 11 is 2.39. The number of halogens is 2. The molecule has 0 saturated carbocycles. The number of amides is 1. The molecule has 3 rings (SSSR count). The monoisotopic (exact) mass is 467 g/mol. The van der Waals surface area contributed by atoms with E-state index in [9.17, 15) is 23.5 Å². The van der Waals surface area contributed by atoms with Crippen LogP contribution in [0.3, 0.4) is 0 Å². The Labute approximate surface area is 187 Å². The Bertz CT molecular complexity index is 933. The fourth-order valence-electron chi connectivity index (χ4n) is 3.33. The number of aliphatic hydroxyl groups excluding tert-OH is 1.